The molecular weight excluding hydrogens is 442 g/mol. The molecule has 2 fully saturated rings. The van der Waals surface area contributed by atoms with E-state index >= 15 is 0 Å². The first kappa shape index (κ1) is 22.7. The Hall–Kier alpha value is -4.13. The fourth-order valence-electron chi connectivity index (χ4n) is 4.51. The molecule has 5 rings (SSSR count). The van der Waals surface area contributed by atoms with Gasteiger partial charge in [-0.3, -0.25) is 4.79 Å². The van der Waals surface area contributed by atoms with Crippen molar-refractivity contribution in [3.8, 4) is 11.1 Å². The summed E-state index contributed by atoms with van der Waals surface area (Å²) in [4.78, 5) is 38.5. The van der Waals surface area contributed by atoms with Gasteiger partial charge in [-0.2, -0.15) is 0 Å². The predicted octanol–water partition coefficient (Wildman–Crippen LogP) is 5.56. The number of amides is 3. The van der Waals surface area contributed by atoms with Gasteiger partial charge < -0.3 is 20.6 Å². The molecule has 1 saturated carbocycles. The lowest BCUT2D eigenvalue weighted by atomic mass is 10.0. The fraction of sp³-hybridized carbons (Fsp3) is 0.250. The van der Waals surface area contributed by atoms with E-state index in [1.807, 2.05) is 24.3 Å². The van der Waals surface area contributed by atoms with Crippen LogP contribution < -0.4 is 10.6 Å². The number of rotatable bonds is 6. The Morgan fingerprint density at radius 2 is 1.31 bits per heavy atom. The van der Waals surface area contributed by atoms with Crippen molar-refractivity contribution in [2.24, 2.45) is 0 Å². The van der Waals surface area contributed by atoms with Gasteiger partial charge in [0.1, 0.15) is 6.04 Å². The Morgan fingerprint density at radius 1 is 0.743 bits per heavy atom. The molecule has 3 N–H and O–H groups in total. The highest BCUT2D eigenvalue weighted by Gasteiger charge is 2.34. The number of carbonyl (C=O) groups excluding carboxylic acids is 2. The third-order valence-electron chi connectivity index (χ3n) is 6.64. The van der Waals surface area contributed by atoms with Gasteiger partial charge in [-0.15, -0.1) is 0 Å². The van der Waals surface area contributed by atoms with E-state index in [2.05, 4.69) is 22.8 Å². The largest absolute Gasteiger partial charge is 0.478 e. The standard InChI is InChI=1S/C28H27N3O4/c32-26(29-23-13-9-20(10-14-23)19-5-7-22(8-6-19)27(33)34)25-2-1-17-31(25)28(35)30-24-15-11-21(12-16-24)18-3-4-18/h5-16,18,25H,1-4,17H2,(H,29,32)(H,30,35)(H,33,34)/t25-/m1/s1. The minimum absolute atomic E-state index is 0.208. The summed E-state index contributed by atoms with van der Waals surface area (Å²) >= 11 is 0. The zero-order chi connectivity index (χ0) is 24.4. The minimum Gasteiger partial charge on any atom is -0.478 e. The van der Waals surface area contributed by atoms with Crippen molar-refractivity contribution in [3.63, 3.8) is 0 Å². The highest BCUT2D eigenvalue weighted by atomic mass is 16.4. The van der Waals surface area contributed by atoms with Crippen molar-refractivity contribution < 1.29 is 19.5 Å². The van der Waals surface area contributed by atoms with Crippen LogP contribution >= 0.6 is 0 Å². The summed E-state index contributed by atoms with van der Waals surface area (Å²) in [6.07, 6.45) is 3.86. The number of hydrogen-bond acceptors (Lipinski definition) is 3. The number of carbonyl (C=O) groups is 3. The highest BCUT2D eigenvalue weighted by Crippen LogP contribution is 2.40. The number of hydrogen-bond donors (Lipinski definition) is 3. The van der Waals surface area contributed by atoms with E-state index in [4.69, 9.17) is 5.11 Å². The first-order chi connectivity index (χ1) is 17.0. The van der Waals surface area contributed by atoms with Crippen LogP contribution in [0.2, 0.25) is 0 Å². The lowest BCUT2D eigenvalue weighted by Gasteiger charge is -2.24. The molecule has 0 unspecified atom stereocenters. The summed E-state index contributed by atoms with van der Waals surface area (Å²) in [6.45, 7) is 0.537. The quantitative estimate of drug-likeness (QED) is 0.440. The van der Waals surface area contributed by atoms with E-state index in [0.29, 0.717) is 24.6 Å². The SMILES string of the molecule is O=C(O)c1ccc(-c2ccc(NC(=O)[C@H]3CCCN3C(=O)Nc3ccc(C4CC4)cc3)cc2)cc1. The molecule has 0 aromatic heterocycles. The van der Waals surface area contributed by atoms with Gasteiger partial charge in [0.25, 0.3) is 0 Å². The smallest absolute Gasteiger partial charge is 0.335 e. The van der Waals surface area contributed by atoms with Crippen LogP contribution in [0.4, 0.5) is 16.2 Å². The normalized spacial score (nSPS) is 17.1. The van der Waals surface area contributed by atoms with Crippen molar-refractivity contribution >= 4 is 29.3 Å². The minimum atomic E-state index is -0.962. The topological polar surface area (TPSA) is 98.7 Å². The predicted molar refractivity (Wildman–Crippen MR) is 135 cm³/mol. The van der Waals surface area contributed by atoms with Gasteiger partial charge in [0, 0.05) is 17.9 Å². The molecule has 1 aliphatic heterocycles. The van der Waals surface area contributed by atoms with Crippen molar-refractivity contribution in [2.75, 3.05) is 17.2 Å². The average molecular weight is 470 g/mol. The van der Waals surface area contributed by atoms with Crippen molar-refractivity contribution in [1.29, 1.82) is 0 Å². The van der Waals surface area contributed by atoms with Crippen molar-refractivity contribution in [3.05, 3.63) is 83.9 Å². The molecule has 0 radical (unpaired) electrons. The highest BCUT2D eigenvalue weighted by molar-refractivity contribution is 5.99. The molecule has 1 heterocycles. The molecule has 1 atom stereocenters. The summed E-state index contributed by atoms with van der Waals surface area (Å²) in [5, 5.41) is 14.9. The van der Waals surface area contributed by atoms with Crippen LogP contribution in [0.15, 0.2) is 72.8 Å². The molecule has 178 valence electrons. The Balaban J connectivity index is 1.19. The second kappa shape index (κ2) is 9.62. The molecule has 1 aliphatic carbocycles. The molecule has 0 bridgehead atoms. The summed E-state index contributed by atoms with van der Waals surface area (Å²) in [5.74, 6) is -0.506. The second-order valence-corrected chi connectivity index (χ2v) is 9.13. The van der Waals surface area contributed by atoms with Crippen LogP contribution in [0.1, 0.15) is 47.5 Å². The summed E-state index contributed by atoms with van der Waals surface area (Å²) < 4.78 is 0. The Bertz CT molecular complexity index is 1230. The Kier molecular flexibility index (Phi) is 6.23. The monoisotopic (exact) mass is 469 g/mol. The van der Waals surface area contributed by atoms with Gasteiger partial charge in [-0.05, 0) is 84.7 Å². The molecule has 1 saturated heterocycles. The van der Waals surface area contributed by atoms with Crippen LogP contribution in [0.5, 0.6) is 0 Å². The van der Waals surface area contributed by atoms with Gasteiger partial charge in [0.05, 0.1) is 5.56 Å². The van der Waals surface area contributed by atoms with Gasteiger partial charge >= 0.3 is 12.0 Å². The molecule has 3 aromatic carbocycles. The third kappa shape index (κ3) is 5.19. The number of aromatic carboxylic acids is 1. The lowest BCUT2D eigenvalue weighted by Crippen LogP contribution is -2.45. The Morgan fingerprint density at radius 3 is 1.91 bits per heavy atom. The molecule has 3 aromatic rings. The summed E-state index contributed by atoms with van der Waals surface area (Å²) in [5.41, 5.74) is 4.72. The molecule has 3 amide bonds. The number of benzene rings is 3. The van der Waals surface area contributed by atoms with Gasteiger partial charge in [-0.1, -0.05) is 36.4 Å². The maximum atomic E-state index is 13.0. The molecule has 7 heteroatoms. The third-order valence-corrected chi connectivity index (χ3v) is 6.64. The lowest BCUT2D eigenvalue weighted by molar-refractivity contribution is -0.119. The van der Waals surface area contributed by atoms with Gasteiger partial charge in [0.15, 0.2) is 0 Å². The summed E-state index contributed by atoms with van der Waals surface area (Å²) in [7, 11) is 0. The van der Waals surface area contributed by atoms with Crippen molar-refractivity contribution in [1.82, 2.24) is 4.90 Å². The number of nitrogens with one attached hydrogen (secondary N) is 2. The zero-order valence-corrected chi connectivity index (χ0v) is 19.2. The van der Waals surface area contributed by atoms with E-state index < -0.39 is 12.0 Å². The van der Waals surface area contributed by atoms with Crippen LogP contribution in [0, 0.1) is 0 Å². The van der Waals surface area contributed by atoms with Crippen LogP contribution in [0.25, 0.3) is 11.1 Å². The van der Waals surface area contributed by atoms with E-state index in [0.717, 1.165) is 23.2 Å². The molecule has 0 spiro atoms. The number of carboxylic acids is 1. The van der Waals surface area contributed by atoms with E-state index in [-0.39, 0.29) is 17.5 Å². The average Bonchev–Trinajstić information content (AvgIpc) is 3.60. The first-order valence-corrected chi connectivity index (χ1v) is 11.9. The van der Waals surface area contributed by atoms with Crippen LogP contribution in [0.3, 0.4) is 0 Å². The molecule has 2 aliphatic rings. The number of likely N-dealkylation sites (tertiary alicyclic amines) is 1. The molecular formula is C28H27N3O4. The van der Waals surface area contributed by atoms with Gasteiger partial charge in [-0.25, -0.2) is 9.59 Å². The molecule has 35 heavy (non-hydrogen) atoms. The molecule has 7 nitrogen and oxygen atoms in total. The van der Waals surface area contributed by atoms with E-state index in [9.17, 15) is 14.4 Å². The second-order valence-electron chi connectivity index (χ2n) is 9.13. The Labute approximate surface area is 203 Å². The summed E-state index contributed by atoms with van der Waals surface area (Å²) in [6, 6.07) is 21.2. The van der Waals surface area contributed by atoms with Crippen LogP contribution in [-0.2, 0) is 4.79 Å². The maximum Gasteiger partial charge on any atom is 0.335 e. The van der Waals surface area contributed by atoms with E-state index in [1.165, 1.54) is 18.4 Å². The fourth-order valence-corrected chi connectivity index (χ4v) is 4.51. The number of nitrogens with zero attached hydrogens (tertiary/aromatic N) is 1. The van der Waals surface area contributed by atoms with Crippen molar-refractivity contribution in [2.45, 2.75) is 37.6 Å². The number of anilines is 2. The number of carboxylic acid groups (broad SMARTS) is 1. The van der Waals surface area contributed by atoms with Gasteiger partial charge in [0.2, 0.25) is 5.91 Å². The number of urea groups is 1. The maximum absolute atomic E-state index is 13.0. The van der Waals surface area contributed by atoms with Crippen LogP contribution in [-0.4, -0.2) is 40.5 Å². The van der Waals surface area contributed by atoms with E-state index in [1.54, 1.807) is 41.3 Å². The zero-order valence-electron chi connectivity index (χ0n) is 19.2. The first-order valence-electron chi connectivity index (χ1n) is 11.9.